The minimum atomic E-state index is -0.942. The van der Waals surface area contributed by atoms with Crippen LogP contribution in [0.1, 0.15) is 33.2 Å². The van der Waals surface area contributed by atoms with Gasteiger partial charge in [0.05, 0.1) is 30.3 Å². The van der Waals surface area contributed by atoms with Crippen molar-refractivity contribution < 1.29 is 19.2 Å². The minimum Gasteiger partial charge on any atom is -0.496 e. The van der Waals surface area contributed by atoms with E-state index in [4.69, 9.17) is 9.47 Å². The summed E-state index contributed by atoms with van der Waals surface area (Å²) in [6.45, 7) is 5.53. The molecule has 0 aliphatic heterocycles. The topological polar surface area (TPSA) is 109 Å². The van der Waals surface area contributed by atoms with Gasteiger partial charge in [0, 0.05) is 6.07 Å². The zero-order valence-corrected chi connectivity index (χ0v) is 15.1. The first-order chi connectivity index (χ1) is 12.4. The molecule has 0 bridgehead atoms. The molecule has 0 radical (unpaired) electrons. The lowest BCUT2D eigenvalue weighted by Gasteiger charge is -2.17. The van der Waals surface area contributed by atoms with Gasteiger partial charge in [0.25, 0.3) is 5.91 Å². The van der Waals surface area contributed by atoms with Crippen LogP contribution in [0.15, 0.2) is 30.5 Å². The Balaban J connectivity index is 2.13. The number of nitrogens with one attached hydrogen (secondary N) is 1. The number of amides is 1. The summed E-state index contributed by atoms with van der Waals surface area (Å²) in [6.07, 6.45) is 1.51. The summed E-state index contributed by atoms with van der Waals surface area (Å²) < 4.78 is 12.2. The highest BCUT2D eigenvalue weighted by molar-refractivity contribution is 5.93. The Morgan fingerprint density at radius 1 is 1.38 bits per heavy atom. The highest BCUT2D eigenvalue weighted by atomic mass is 16.6. The molecule has 26 heavy (non-hydrogen) atoms. The molecule has 1 heterocycles. The van der Waals surface area contributed by atoms with E-state index in [0.717, 1.165) is 6.42 Å². The predicted octanol–water partition coefficient (Wildman–Crippen LogP) is 3.18. The van der Waals surface area contributed by atoms with Crippen LogP contribution in [0.5, 0.6) is 11.5 Å². The lowest BCUT2D eigenvalue weighted by Crippen LogP contribution is -2.31. The van der Waals surface area contributed by atoms with Crippen LogP contribution in [0, 0.1) is 10.1 Å². The molecular formula is C17H22N4O5. The van der Waals surface area contributed by atoms with Gasteiger partial charge in [0.2, 0.25) is 0 Å². The standard InChI is InChI=1S/C17H22N4O5/c1-5-11(2)20-16(8-9-18-20)19-17(22)12(3)26-15-7-6-13(25-4)10-14(15)21(23)24/h6-12H,5H2,1-4H3,(H,19,22)/t11-,12-/m1/s1. The van der Waals surface area contributed by atoms with Gasteiger partial charge in [-0.2, -0.15) is 5.10 Å². The Bertz CT molecular complexity index is 789. The molecule has 1 aromatic carbocycles. The molecule has 2 aromatic rings. The van der Waals surface area contributed by atoms with Gasteiger partial charge in [0.15, 0.2) is 11.9 Å². The largest absolute Gasteiger partial charge is 0.496 e. The Morgan fingerprint density at radius 3 is 2.73 bits per heavy atom. The van der Waals surface area contributed by atoms with E-state index in [1.165, 1.54) is 32.2 Å². The van der Waals surface area contributed by atoms with Gasteiger partial charge < -0.3 is 14.8 Å². The van der Waals surface area contributed by atoms with Gasteiger partial charge in [-0.3, -0.25) is 14.9 Å². The van der Waals surface area contributed by atoms with E-state index in [-0.39, 0.29) is 17.5 Å². The molecule has 9 nitrogen and oxygen atoms in total. The van der Waals surface area contributed by atoms with Crippen molar-refractivity contribution in [3.63, 3.8) is 0 Å². The molecule has 0 aliphatic rings. The number of methoxy groups -OCH3 is 1. The van der Waals surface area contributed by atoms with Crippen LogP contribution in [-0.2, 0) is 4.79 Å². The van der Waals surface area contributed by atoms with Gasteiger partial charge >= 0.3 is 5.69 Å². The fraction of sp³-hybridized carbons (Fsp3) is 0.412. The Hall–Kier alpha value is -3.10. The van der Waals surface area contributed by atoms with E-state index in [0.29, 0.717) is 11.6 Å². The normalized spacial score (nSPS) is 12.9. The number of benzene rings is 1. The zero-order valence-electron chi connectivity index (χ0n) is 15.1. The van der Waals surface area contributed by atoms with E-state index in [2.05, 4.69) is 10.4 Å². The van der Waals surface area contributed by atoms with Crippen molar-refractivity contribution in [3.05, 3.63) is 40.6 Å². The number of hydrogen-bond acceptors (Lipinski definition) is 6. The van der Waals surface area contributed by atoms with Gasteiger partial charge in [-0.25, -0.2) is 4.68 Å². The number of aromatic nitrogens is 2. The van der Waals surface area contributed by atoms with Crippen molar-refractivity contribution >= 4 is 17.4 Å². The van der Waals surface area contributed by atoms with Crippen LogP contribution >= 0.6 is 0 Å². The van der Waals surface area contributed by atoms with Crippen LogP contribution in [0.2, 0.25) is 0 Å². The van der Waals surface area contributed by atoms with Crippen LogP contribution in [0.4, 0.5) is 11.5 Å². The van der Waals surface area contributed by atoms with Crippen LogP contribution < -0.4 is 14.8 Å². The number of ether oxygens (including phenoxy) is 2. The number of carbonyl (C=O) groups is 1. The van der Waals surface area contributed by atoms with Crippen molar-refractivity contribution in [2.24, 2.45) is 0 Å². The summed E-state index contributed by atoms with van der Waals surface area (Å²) >= 11 is 0. The van der Waals surface area contributed by atoms with Crippen molar-refractivity contribution in [1.29, 1.82) is 0 Å². The number of hydrogen-bond donors (Lipinski definition) is 1. The second-order valence-electron chi connectivity index (χ2n) is 5.76. The summed E-state index contributed by atoms with van der Waals surface area (Å²) in [7, 11) is 1.41. The quantitative estimate of drug-likeness (QED) is 0.571. The second-order valence-corrected chi connectivity index (χ2v) is 5.76. The van der Waals surface area contributed by atoms with Crippen LogP contribution in [0.25, 0.3) is 0 Å². The van der Waals surface area contributed by atoms with Crippen molar-refractivity contribution in [3.8, 4) is 11.5 Å². The fourth-order valence-corrected chi connectivity index (χ4v) is 2.28. The monoisotopic (exact) mass is 362 g/mol. The molecular weight excluding hydrogens is 340 g/mol. The molecule has 2 rings (SSSR count). The smallest absolute Gasteiger partial charge is 0.314 e. The summed E-state index contributed by atoms with van der Waals surface area (Å²) in [4.78, 5) is 23.0. The lowest BCUT2D eigenvalue weighted by molar-refractivity contribution is -0.386. The molecule has 140 valence electrons. The van der Waals surface area contributed by atoms with E-state index < -0.39 is 16.9 Å². The first kappa shape index (κ1) is 19.2. The van der Waals surface area contributed by atoms with E-state index in [1.807, 2.05) is 13.8 Å². The minimum absolute atomic E-state index is 0.00566. The third-order valence-corrected chi connectivity index (χ3v) is 3.97. The number of nitro groups is 1. The maximum absolute atomic E-state index is 12.4. The number of nitro benzene ring substituents is 1. The fourth-order valence-electron chi connectivity index (χ4n) is 2.28. The molecule has 0 saturated carbocycles. The van der Waals surface area contributed by atoms with Gasteiger partial charge in [-0.15, -0.1) is 0 Å². The average Bonchev–Trinajstić information content (AvgIpc) is 3.09. The van der Waals surface area contributed by atoms with Gasteiger partial charge in [0.1, 0.15) is 11.6 Å². The van der Waals surface area contributed by atoms with E-state index in [9.17, 15) is 14.9 Å². The molecule has 0 spiro atoms. The number of rotatable bonds is 8. The maximum Gasteiger partial charge on any atom is 0.314 e. The number of nitrogens with zero attached hydrogens (tertiary/aromatic N) is 3. The van der Waals surface area contributed by atoms with E-state index in [1.54, 1.807) is 16.9 Å². The highest BCUT2D eigenvalue weighted by Crippen LogP contribution is 2.31. The average molecular weight is 362 g/mol. The summed E-state index contributed by atoms with van der Waals surface area (Å²) in [6, 6.07) is 6.00. The molecule has 1 aromatic heterocycles. The van der Waals surface area contributed by atoms with Crippen molar-refractivity contribution in [2.45, 2.75) is 39.3 Å². The van der Waals surface area contributed by atoms with Crippen LogP contribution in [0.3, 0.4) is 0 Å². The third-order valence-electron chi connectivity index (χ3n) is 3.97. The maximum atomic E-state index is 12.4. The SMILES string of the molecule is CC[C@@H](C)n1nccc1NC(=O)[C@@H](C)Oc1ccc(OC)cc1[N+](=O)[O-]. The number of anilines is 1. The molecule has 1 N–H and O–H groups in total. The Morgan fingerprint density at radius 2 is 2.12 bits per heavy atom. The second kappa shape index (κ2) is 8.32. The molecule has 9 heteroatoms. The van der Waals surface area contributed by atoms with Gasteiger partial charge in [-0.1, -0.05) is 6.92 Å². The summed E-state index contributed by atoms with van der Waals surface area (Å²) in [5.74, 6) is 0.441. The van der Waals surface area contributed by atoms with Crippen molar-refractivity contribution in [1.82, 2.24) is 9.78 Å². The van der Waals surface area contributed by atoms with Gasteiger partial charge in [-0.05, 0) is 32.4 Å². The van der Waals surface area contributed by atoms with Crippen LogP contribution in [-0.4, -0.2) is 33.8 Å². The molecule has 0 aliphatic carbocycles. The molecule has 0 unspecified atom stereocenters. The van der Waals surface area contributed by atoms with E-state index >= 15 is 0 Å². The summed E-state index contributed by atoms with van der Waals surface area (Å²) in [5, 5.41) is 18.1. The molecule has 1 amide bonds. The zero-order chi connectivity index (χ0) is 19.3. The molecule has 2 atom stereocenters. The Kier molecular flexibility index (Phi) is 6.16. The number of carbonyl (C=O) groups excluding carboxylic acids is 1. The lowest BCUT2D eigenvalue weighted by atomic mass is 10.2. The van der Waals surface area contributed by atoms with Crippen molar-refractivity contribution in [2.75, 3.05) is 12.4 Å². The molecule has 0 fully saturated rings. The summed E-state index contributed by atoms with van der Waals surface area (Å²) in [5.41, 5.74) is -0.270. The Labute approximate surface area is 151 Å². The third kappa shape index (κ3) is 4.29. The predicted molar refractivity (Wildman–Crippen MR) is 95.6 cm³/mol. The highest BCUT2D eigenvalue weighted by Gasteiger charge is 2.23. The first-order valence-corrected chi connectivity index (χ1v) is 8.20. The first-order valence-electron chi connectivity index (χ1n) is 8.20. The molecule has 0 saturated heterocycles.